The van der Waals surface area contributed by atoms with Crippen molar-refractivity contribution in [2.24, 2.45) is 5.92 Å². The van der Waals surface area contributed by atoms with Crippen LogP contribution in [-0.2, 0) is 6.54 Å². The molecule has 2 bridgehead atoms. The molecule has 3 aromatic carbocycles. The summed E-state index contributed by atoms with van der Waals surface area (Å²) in [4.78, 5) is 46.1. The third-order valence-electron chi connectivity index (χ3n) is 9.19. The van der Waals surface area contributed by atoms with Crippen molar-refractivity contribution in [3.8, 4) is 0 Å². The molecule has 4 aromatic rings. The average molecular weight is 671 g/mol. The zero-order valence-electron chi connectivity index (χ0n) is 24.7. The van der Waals surface area contributed by atoms with Crippen LogP contribution in [0.3, 0.4) is 0 Å². The average Bonchev–Trinajstić information content (AvgIpc) is 3.05. The normalized spacial score (nSPS) is 19.2. The predicted molar refractivity (Wildman–Crippen MR) is 177 cm³/mol. The number of piperazine rings is 1. The van der Waals surface area contributed by atoms with Crippen molar-refractivity contribution in [1.29, 1.82) is 0 Å². The number of fused-ring (bicyclic) bond motifs is 4. The number of nitrogens with zero attached hydrogens (tertiary/aromatic N) is 4. The lowest BCUT2D eigenvalue weighted by molar-refractivity contribution is 0.0746. The zero-order chi connectivity index (χ0) is 31.1. The van der Waals surface area contributed by atoms with E-state index in [9.17, 15) is 18.8 Å². The lowest BCUT2D eigenvalue weighted by Crippen LogP contribution is -2.49. The van der Waals surface area contributed by atoms with Crippen LogP contribution in [0.15, 0.2) is 94.2 Å². The number of anilines is 3. The summed E-state index contributed by atoms with van der Waals surface area (Å²) in [5.41, 5.74) is 4.47. The van der Waals surface area contributed by atoms with E-state index >= 15 is 0 Å². The highest BCUT2D eigenvalue weighted by atomic mass is 79.9. The maximum atomic E-state index is 13.8. The fourth-order valence-corrected chi connectivity index (χ4v) is 7.44. The van der Waals surface area contributed by atoms with Gasteiger partial charge in [0.25, 0.3) is 17.4 Å². The van der Waals surface area contributed by atoms with Gasteiger partial charge in [-0.2, -0.15) is 0 Å². The third kappa shape index (κ3) is 5.86. The number of carbonyl (C=O) groups is 2. The van der Waals surface area contributed by atoms with Crippen LogP contribution in [-0.4, -0.2) is 60.5 Å². The van der Waals surface area contributed by atoms with Gasteiger partial charge in [-0.25, -0.2) is 4.39 Å². The summed E-state index contributed by atoms with van der Waals surface area (Å²) in [6.07, 6.45) is 1.01. The van der Waals surface area contributed by atoms with Crippen molar-refractivity contribution in [3.63, 3.8) is 0 Å². The molecule has 10 heteroatoms. The summed E-state index contributed by atoms with van der Waals surface area (Å²) in [6, 6.07) is 24.8. The number of amides is 2. The van der Waals surface area contributed by atoms with Crippen LogP contribution in [0.25, 0.3) is 0 Å². The van der Waals surface area contributed by atoms with Gasteiger partial charge < -0.3 is 24.6 Å². The highest BCUT2D eigenvalue weighted by molar-refractivity contribution is 9.10. The summed E-state index contributed by atoms with van der Waals surface area (Å²) >= 11 is 3.49. The van der Waals surface area contributed by atoms with E-state index in [4.69, 9.17) is 0 Å². The van der Waals surface area contributed by atoms with Gasteiger partial charge in [-0.05, 0) is 88.9 Å². The molecule has 4 heterocycles. The molecule has 2 saturated heterocycles. The number of benzene rings is 3. The summed E-state index contributed by atoms with van der Waals surface area (Å²) in [5.74, 6) is -0.152. The van der Waals surface area contributed by atoms with Crippen LogP contribution in [0.1, 0.15) is 38.7 Å². The van der Waals surface area contributed by atoms with E-state index in [1.54, 1.807) is 30.3 Å². The molecule has 1 aromatic heterocycles. The monoisotopic (exact) mass is 669 g/mol. The summed E-state index contributed by atoms with van der Waals surface area (Å²) in [5, 5.41) is 3.11. The first kappa shape index (κ1) is 29.3. The molecule has 7 rings (SSSR count). The smallest absolute Gasteiger partial charge is 0.256 e. The fourth-order valence-electron chi connectivity index (χ4n) is 6.98. The molecule has 0 unspecified atom stereocenters. The molecule has 2 atom stereocenters. The highest BCUT2D eigenvalue weighted by Gasteiger charge is 2.35. The molecular formula is C35H33BrFN5O3. The number of hydrogen-bond donors (Lipinski definition) is 1. The predicted octanol–water partition coefficient (Wildman–Crippen LogP) is 5.59. The number of hydrogen-bond acceptors (Lipinski definition) is 5. The van der Waals surface area contributed by atoms with Gasteiger partial charge in [-0.15, -0.1) is 0 Å². The maximum absolute atomic E-state index is 13.8. The molecule has 2 fully saturated rings. The maximum Gasteiger partial charge on any atom is 0.256 e. The topological polar surface area (TPSA) is 77.9 Å². The van der Waals surface area contributed by atoms with E-state index in [1.807, 2.05) is 51.9 Å². The Bertz CT molecular complexity index is 1820. The summed E-state index contributed by atoms with van der Waals surface area (Å²) in [6.45, 7) is 4.46. The number of nitrogens with one attached hydrogen (secondary N) is 1. The lowest BCUT2D eigenvalue weighted by atomic mass is 9.83. The van der Waals surface area contributed by atoms with Gasteiger partial charge in [0.1, 0.15) is 5.82 Å². The Labute approximate surface area is 269 Å². The Hall–Kier alpha value is -4.44. The second-order valence-corrected chi connectivity index (χ2v) is 12.9. The molecule has 0 aliphatic carbocycles. The van der Waals surface area contributed by atoms with Gasteiger partial charge >= 0.3 is 0 Å². The minimum absolute atomic E-state index is 0.0402. The first-order valence-electron chi connectivity index (χ1n) is 15.3. The van der Waals surface area contributed by atoms with Crippen LogP contribution in [0.2, 0.25) is 0 Å². The molecule has 1 N–H and O–H groups in total. The van der Waals surface area contributed by atoms with Crippen molar-refractivity contribution in [2.75, 3.05) is 54.4 Å². The minimum Gasteiger partial charge on any atom is -0.369 e. The largest absolute Gasteiger partial charge is 0.369 e. The SMILES string of the molecule is O=C(Nc1cc(C(=O)N2CCN(c3ccc(F)cc3)CC2)ccc1N1C[C@@H]2C[C@@H](C1)c1cccc(=O)n1C2)c1ccccc1Br. The van der Waals surface area contributed by atoms with E-state index in [1.165, 1.54) is 12.1 Å². The zero-order valence-corrected chi connectivity index (χ0v) is 26.2. The first-order valence-corrected chi connectivity index (χ1v) is 16.1. The van der Waals surface area contributed by atoms with Crippen LogP contribution in [0, 0.1) is 11.7 Å². The minimum atomic E-state index is -0.272. The van der Waals surface area contributed by atoms with Crippen molar-refractivity contribution in [2.45, 2.75) is 18.9 Å². The van der Waals surface area contributed by atoms with Crippen molar-refractivity contribution < 1.29 is 14.0 Å². The Morgan fingerprint density at radius 2 is 1.60 bits per heavy atom. The van der Waals surface area contributed by atoms with Gasteiger partial charge in [0, 0.05) is 79.2 Å². The molecule has 0 saturated carbocycles. The Balaban J connectivity index is 1.15. The first-order chi connectivity index (χ1) is 21.8. The van der Waals surface area contributed by atoms with E-state index in [2.05, 4.69) is 31.0 Å². The van der Waals surface area contributed by atoms with Crippen LogP contribution >= 0.6 is 15.9 Å². The van der Waals surface area contributed by atoms with E-state index in [0.717, 1.165) is 30.0 Å². The molecule has 8 nitrogen and oxygen atoms in total. The van der Waals surface area contributed by atoms with Gasteiger partial charge in [-0.1, -0.05) is 18.2 Å². The number of aromatic nitrogens is 1. The van der Waals surface area contributed by atoms with Gasteiger partial charge in [-0.3, -0.25) is 14.4 Å². The number of piperidine rings is 1. The summed E-state index contributed by atoms with van der Waals surface area (Å²) < 4.78 is 16.0. The number of rotatable bonds is 5. The molecular weight excluding hydrogens is 637 g/mol. The molecule has 3 aliphatic rings. The van der Waals surface area contributed by atoms with E-state index in [-0.39, 0.29) is 29.1 Å². The lowest BCUT2D eigenvalue weighted by Gasteiger charge is -2.44. The Morgan fingerprint density at radius 1 is 0.822 bits per heavy atom. The molecule has 230 valence electrons. The summed E-state index contributed by atoms with van der Waals surface area (Å²) in [7, 11) is 0. The second kappa shape index (κ2) is 12.2. The van der Waals surface area contributed by atoms with Crippen LogP contribution in [0.5, 0.6) is 0 Å². The fraction of sp³-hybridized carbons (Fsp3) is 0.286. The molecule has 3 aliphatic heterocycles. The van der Waals surface area contributed by atoms with Gasteiger partial charge in [0.2, 0.25) is 0 Å². The van der Waals surface area contributed by atoms with Crippen molar-refractivity contribution in [1.82, 2.24) is 9.47 Å². The van der Waals surface area contributed by atoms with Gasteiger partial charge in [0.05, 0.1) is 16.9 Å². The van der Waals surface area contributed by atoms with Crippen LogP contribution < -0.4 is 20.7 Å². The molecule has 0 radical (unpaired) electrons. The number of carbonyl (C=O) groups excluding carboxylic acids is 2. The number of halogens is 2. The number of pyridine rings is 1. The molecule has 0 spiro atoms. The van der Waals surface area contributed by atoms with Crippen molar-refractivity contribution >= 4 is 44.8 Å². The molecule has 2 amide bonds. The standard InChI is InChI=1S/C35H33BrFN5O3/c36-29-5-2-1-4-28(29)34(44)38-30-19-24(35(45)40-16-14-39(15-17-40)27-11-9-26(37)10-12-27)8-13-32(30)41-20-23-18-25(22-41)31-6-3-7-33(43)42(31)21-23/h1-13,19,23,25H,14-18,20-22H2,(H,38,44)/t23-,25-/m0/s1. The van der Waals surface area contributed by atoms with Crippen molar-refractivity contribution in [3.05, 3.63) is 122 Å². The quantitative estimate of drug-likeness (QED) is 0.300. The van der Waals surface area contributed by atoms with Crippen LogP contribution in [0.4, 0.5) is 21.5 Å². The second-order valence-electron chi connectivity index (χ2n) is 12.0. The van der Waals surface area contributed by atoms with Gasteiger partial charge in [0.15, 0.2) is 0 Å². The highest BCUT2D eigenvalue weighted by Crippen LogP contribution is 2.39. The van der Waals surface area contributed by atoms with E-state index < -0.39 is 0 Å². The third-order valence-corrected chi connectivity index (χ3v) is 9.88. The van der Waals surface area contributed by atoms with E-state index in [0.29, 0.717) is 66.5 Å². The Kier molecular flexibility index (Phi) is 7.91. The molecule has 45 heavy (non-hydrogen) atoms. The Morgan fingerprint density at radius 3 is 2.38 bits per heavy atom.